The van der Waals surface area contributed by atoms with E-state index in [1.165, 1.54) is 11.1 Å². The molecule has 1 N–H and O–H groups in total. The highest BCUT2D eigenvalue weighted by atomic mass is 79.9. The van der Waals surface area contributed by atoms with E-state index in [0.717, 1.165) is 16.7 Å². The maximum atomic E-state index is 4.35. The van der Waals surface area contributed by atoms with Crippen molar-refractivity contribution in [3.63, 3.8) is 0 Å². The predicted molar refractivity (Wildman–Crippen MR) is 77.3 cm³/mol. The fourth-order valence-electron chi connectivity index (χ4n) is 1.98. The fraction of sp³-hybridized carbons (Fsp3) is 0.357. The van der Waals surface area contributed by atoms with E-state index >= 15 is 0 Å². The highest BCUT2D eigenvalue weighted by Gasteiger charge is 2.07. The summed E-state index contributed by atoms with van der Waals surface area (Å²) < 4.78 is 2.97. The van der Waals surface area contributed by atoms with Crippen molar-refractivity contribution in [2.75, 3.05) is 0 Å². The third-order valence-corrected chi connectivity index (χ3v) is 3.56. The molecule has 0 saturated carbocycles. The minimum Gasteiger partial charge on any atom is -0.306 e. The Hall–Kier alpha value is -1.13. The fourth-order valence-corrected chi connectivity index (χ4v) is 2.40. The number of halogens is 1. The van der Waals surface area contributed by atoms with Crippen molar-refractivity contribution in [2.45, 2.75) is 26.4 Å². The van der Waals surface area contributed by atoms with E-state index in [2.05, 4.69) is 57.7 Å². The van der Waals surface area contributed by atoms with E-state index in [4.69, 9.17) is 0 Å². The first-order chi connectivity index (χ1) is 8.56. The lowest BCUT2D eigenvalue weighted by atomic mass is 10.1. The molecule has 1 aromatic carbocycles. The lowest BCUT2D eigenvalue weighted by Crippen LogP contribution is -2.18. The van der Waals surface area contributed by atoms with Crippen LogP contribution in [0.25, 0.3) is 0 Å². The summed E-state index contributed by atoms with van der Waals surface area (Å²) in [6.07, 6.45) is 2.07. The number of nitrogens with one attached hydrogen (secondary N) is 1. The van der Waals surface area contributed by atoms with Gasteiger partial charge in [-0.15, -0.1) is 0 Å². The molecular formula is C14H18BrN3. The molecule has 96 valence electrons. The van der Waals surface area contributed by atoms with Crippen LogP contribution in [0, 0.1) is 6.92 Å². The summed E-state index contributed by atoms with van der Waals surface area (Å²) in [7, 11) is 1.95. The van der Waals surface area contributed by atoms with Crippen molar-refractivity contribution < 1.29 is 0 Å². The van der Waals surface area contributed by atoms with Crippen LogP contribution in [0.15, 0.2) is 34.9 Å². The van der Waals surface area contributed by atoms with Crippen molar-refractivity contribution in [1.82, 2.24) is 15.1 Å². The van der Waals surface area contributed by atoms with Crippen LogP contribution < -0.4 is 5.32 Å². The molecule has 1 unspecified atom stereocenters. The second-order valence-corrected chi connectivity index (χ2v) is 5.49. The SMILES string of the molecule is Cc1nn(C)cc1CNC(C)c1cccc(Br)c1. The van der Waals surface area contributed by atoms with Crippen molar-refractivity contribution >= 4 is 15.9 Å². The predicted octanol–water partition coefficient (Wildman–Crippen LogP) is 3.34. The van der Waals surface area contributed by atoms with Crippen LogP contribution in [0.2, 0.25) is 0 Å². The molecule has 4 heteroatoms. The van der Waals surface area contributed by atoms with Crippen LogP contribution in [-0.4, -0.2) is 9.78 Å². The Morgan fingerprint density at radius 3 is 2.83 bits per heavy atom. The molecule has 0 saturated heterocycles. The third kappa shape index (κ3) is 3.21. The number of rotatable bonds is 4. The van der Waals surface area contributed by atoms with E-state index in [0.29, 0.717) is 6.04 Å². The Balaban J connectivity index is 2.00. The number of benzene rings is 1. The van der Waals surface area contributed by atoms with Gasteiger partial charge in [0.15, 0.2) is 0 Å². The van der Waals surface area contributed by atoms with E-state index in [-0.39, 0.29) is 0 Å². The zero-order valence-electron chi connectivity index (χ0n) is 10.9. The molecular weight excluding hydrogens is 290 g/mol. The average molecular weight is 308 g/mol. The van der Waals surface area contributed by atoms with Gasteiger partial charge in [0, 0.05) is 35.9 Å². The molecule has 2 aromatic rings. The van der Waals surface area contributed by atoms with Crippen LogP contribution >= 0.6 is 15.9 Å². The molecule has 0 amide bonds. The lowest BCUT2D eigenvalue weighted by Gasteiger charge is -2.14. The van der Waals surface area contributed by atoms with E-state index in [9.17, 15) is 0 Å². The monoisotopic (exact) mass is 307 g/mol. The summed E-state index contributed by atoms with van der Waals surface area (Å²) in [6, 6.07) is 8.71. The minimum atomic E-state index is 0.321. The van der Waals surface area contributed by atoms with E-state index in [1.807, 2.05) is 24.7 Å². The van der Waals surface area contributed by atoms with Crippen molar-refractivity contribution in [3.05, 3.63) is 51.8 Å². The highest BCUT2D eigenvalue weighted by molar-refractivity contribution is 9.10. The second kappa shape index (κ2) is 5.67. The summed E-state index contributed by atoms with van der Waals surface area (Å²) >= 11 is 3.50. The molecule has 0 aliphatic heterocycles. The zero-order chi connectivity index (χ0) is 13.1. The maximum Gasteiger partial charge on any atom is 0.0638 e. The number of hydrogen-bond acceptors (Lipinski definition) is 2. The van der Waals surface area contributed by atoms with Gasteiger partial charge in [-0.25, -0.2) is 0 Å². The first-order valence-corrected chi connectivity index (χ1v) is 6.83. The van der Waals surface area contributed by atoms with Gasteiger partial charge < -0.3 is 5.32 Å². The van der Waals surface area contributed by atoms with Crippen LogP contribution in [0.5, 0.6) is 0 Å². The molecule has 1 aromatic heterocycles. The van der Waals surface area contributed by atoms with Gasteiger partial charge in [0.2, 0.25) is 0 Å². The number of aryl methyl sites for hydroxylation is 2. The number of nitrogens with zero attached hydrogens (tertiary/aromatic N) is 2. The van der Waals surface area contributed by atoms with Crippen molar-refractivity contribution in [3.8, 4) is 0 Å². The normalized spacial score (nSPS) is 12.7. The van der Waals surface area contributed by atoms with Gasteiger partial charge in [0.05, 0.1) is 5.69 Å². The van der Waals surface area contributed by atoms with Crippen molar-refractivity contribution in [1.29, 1.82) is 0 Å². The molecule has 1 atom stereocenters. The second-order valence-electron chi connectivity index (χ2n) is 4.57. The number of aromatic nitrogens is 2. The molecule has 2 rings (SSSR count). The Kier molecular flexibility index (Phi) is 4.19. The van der Waals surface area contributed by atoms with Gasteiger partial charge in [0.1, 0.15) is 0 Å². The molecule has 0 bridgehead atoms. The van der Waals surface area contributed by atoms with Crippen LogP contribution in [0.3, 0.4) is 0 Å². The van der Waals surface area contributed by atoms with Crippen LogP contribution in [0.1, 0.15) is 29.8 Å². The summed E-state index contributed by atoms with van der Waals surface area (Å²) in [6.45, 7) is 5.06. The molecule has 3 nitrogen and oxygen atoms in total. The Morgan fingerprint density at radius 1 is 1.44 bits per heavy atom. The Morgan fingerprint density at radius 2 is 2.22 bits per heavy atom. The van der Waals surface area contributed by atoms with Gasteiger partial charge in [-0.3, -0.25) is 4.68 Å². The molecule has 0 fully saturated rings. The molecule has 18 heavy (non-hydrogen) atoms. The zero-order valence-corrected chi connectivity index (χ0v) is 12.5. The topological polar surface area (TPSA) is 29.9 Å². The highest BCUT2D eigenvalue weighted by Crippen LogP contribution is 2.18. The summed E-state index contributed by atoms with van der Waals surface area (Å²) in [5.74, 6) is 0. The maximum absolute atomic E-state index is 4.35. The third-order valence-electron chi connectivity index (χ3n) is 3.06. The largest absolute Gasteiger partial charge is 0.306 e. The quantitative estimate of drug-likeness (QED) is 0.939. The molecule has 0 radical (unpaired) electrons. The first-order valence-electron chi connectivity index (χ1n) is 6.04. The molecule has 0 spiro atoms. The van der Waals surface area contributed by atoms with Gasteiger partial charge in [0.25, 0.3) is 0 Å². The van der Waals surface area contributed by atoms with Crippen molar-refractivity contribution in [2.24, 2.45) is 7.05 Å². The summed E-state index contributed by atoms with van der Waals surface area (Å²) in [5.41, 5.74) is 3.62. The van der Waals surface area contributed by atoms with E-state index in [1.54, 1.807) is 0 Å². The first kappa shape index (κ1) is 13.3. The van der Waals surface area contributed by atoms with Gasteiger partial charge in [-0.05, 0) is 31.5 Å². The van der Waals surface area contributed by atoms with Crippen LogP contribution in [-0.2, 0) is 13.6 Å². The summed E-state index contributed by atoms with van der Waals surface area (Å²) in [4.78, 5) is 0. The van der Waals surface area contributed by atoms with Gasteiger partial charge in [-0.1, -0.05) is 28.1 Å². The van der Waals surface area contributed by atoms with Crippen LogP contribution in [0.4, 0.5) is 0 Å². The van der Waals surface area contributed by atoms with Gasteiger partial charge in [-0.2, -0.15) is 5.10 Å². The summed E-state index contributed by atoms with van der Waals surface area (Å²) in [5, 5.41) is 7.87. The molecule has 0 aliphatic carbocycles. The average Bonchev–Trinajstić information content (AvgIpc) is 2.65. The Bertz CT molecular complexity index is 534. The van der Waals surface area contributed by atoms with Gasteiger partial charge >= 0.3 is 0 Å². The Labute approximate surface area is 116 Å². The number of hydrogen-bond donors (Lipinski definition) is 1. The smallest absolute Gasteiger partial charge is 0.0638 e. The molecule has 0 aliphatic rings. The minimum absolute atomic E-state index is 0.321. The standard InChI is InChI=1S/C14H18BrN3/c1-10(12-5-4-6-14(15)7-12)16-8-13-9-18(3)17-11(13)2/h4-7,9-10,16H,8H2,1-3H3. The van der Waals surface area contributed by atoms with E-state index < -0.39 is 0 Å². The molecule has 1 heterocycles. The lowest BCUT2D eigenvalue weighted by molar-refractivity contribution is 0.573.